The first kappa shape index (κ1) is 12.5. The van der Waals surface area contributed by atoms with Crippen LogP contribution in [0.2, 0.25) is 0 Å². The molecule has 0 radical (unpaired) electrons. The molecule has 2 saturated carbocycles. The number of fused-ring (bicyclic) bond motifs is 2. The number of hydrogen-bond donors (Lipinski definition) is 2. The van der Waals surface area contributed by atoms with E-state index in [9.17, 15) is 4.79 Å². The highest BCUT2D eigenvalue weighted by atomic mass is 16.1. The number of anilines is 1. The lowest BCUT2D eigenvalue weighted by molar-refractivity contribution is -0.122. The molecule has 1 amide bonds. The van der Waals surface area contributed by atoms with Crippen molar-refractivity contribution in [1.29, 1.82) is 0 Å². The molecule has 0 heterocycles. The second-order valence-corrected chi connectivity index (χ2v) is 6.09. The second-order valence-electron chi connectivity index (χ2n) is 6.09. The fraction of sp³-hybridized carbons (Fsp3) is 0.562. The van der Waals surface area contributed by atoms with Crippen LogP contribution < -0.4 is 11.1 Å². The molecular formula is C16H22N2O. The van der Waals surface area contributed by atoms with Crippen molar-refractivity contribution in [2.45, 2.75) is 44.6 Å². The van der Waals surface area contributed by atoms with Gasteiger partial charge in [-0.05, 0) is 55.2 Å². The maximum absolute atomic E-state index is 12.0. The number of amides is 1. The zero-order valence-electron chi connectivity index (χ0n) is 11.3. The van der Waals surface area contributed by atoms with Crippen molar-refractivity contribution in [3.8, 4) is 0 Å². The van der Waals surface area contributed by atoms with Crippen LogP contribution >= 0.6 is 0 Å². The van der Waals surface area contributed by atoms with E-state index in [1.807, 2.05) is 24.3 Å². The molecule has 0 saturated heterocycles. The van der Waals surface area contributed by atoms with Gasteiger partial charge in [0, 0.05) is 18.2 Å². The van der Waals surface area contributed by atoms with Crippen molar-refractivity contribution < 1.29 is 4.79 Å². The van der Waals surface area contributed by atoms with Crippen LogP contribution in [0.3, 0.4) is 0 Å². The molecule has 102 valence electrons. The van der Waals surface area contributed by atoms with Crippen LogP contribution in [0, 0.1) is 11.8 Å². The lowest BCUT2D eigenvalue weighted by Crippen LogP contribution is -2.38. The van der Waals surface area contributed by atoms with E-state index in [1.54, 1.807) is 0 Å². The number of nitrogen functional groups attached to an aromatic ring is 1. The van der Waals surface area contributed by atoms with Crippen LogP contribution in [0.4, 0.5) is 5.69 Å². The van der Waals surface area contributed by atoms with Crippen LogP contribution in [0.5, 0.6) is 0 Å². The molecule has 3 atom stereocenters. The zero-order chi connectivity index (χ0) is 13.2. The summed E-state index contributed by atoms with van der Waals surface area (Å²) in [6.45, 7) is 0. The quantitative estimate of drug-likeness (QED) is 0.815. The Hall–Kier alpha value is -1.51. The molecule has 19 heavy (non-hydrogen) atoms. The maximum atomic E-state index is 12.0. The van der Waals surface area contributed by atoms with Gasteiger partial charge in [0.2, 0.25) is 5.91 Å². The Morgan fingerprint density at radius 1 is 1.32 bits per heavy atom. The zero-order valence-corrected chi connectivity index (χ0v) is 11.3. The van der Waals surface area contributed by atoms with Gasteiger partial charge in [0.25, 0.3) is 0 Å². The Bertz CT molecular complexity index is 472. The van der Waals surface area contributed by atoms with Crippen molar-refractivity contribution in [3.63, 3.8) is 0 Å². The van der Waals surface area contributed by atoms with Gasteiger partial charge >= 0.3 is 0 Å². The minimum Gasteiger partial charge on any atom is -0.399 e. The molecule has 0 aliphatic heterocycles. The molecule has 0 spiro atoms. The molecule has 2 fully saturated rings. The van der Waals surface area contributed by atoms with E-state index in [1.165, 1.54) is 25.7 Å². The van der Waals surface area contributed by atoms with Crippen LogP contribution in [0.15, 0.2) is 24.3 Å². The number of nitrogens with two attached hydrogens (primary N) is 1. The van der Waals surface area contributed by atoms with Crippen molar-refractivity contribution in [1.82, 2.24) is 5.32 Å². The third-order valence-electron chi connectivity index (χ3n) is 4.68. The van der Waals surface area contributed by atoms with Gasteiger partial charge in [0.1, 0.15) is 0 Å². The van der Waals surface area contributed by atoms with E-state index < -0.39 is 0 Å². The summed E-state index contributed by atoms with van der Waals surface area (Å²) in [5.74, 6) is 1.82. The van der Waals surface area contributed by atoms with Gasteiger partial charge in [-0.2, -0.15) is 0 Å². The first-order chi connectivity index (χ1) is 9.20. The Balaban J connectivity index is 1.47. The fourth-order valence-electron chi connectivity index (χ4n) is 3.71. The Labute approximate surface area is 114 Å². The first-order valence-electron chi connectivity index (χ1n) is 7.34. The predicted octanol–water partition coefficient (Wildman–Crippen LogP) is 2.51. The molecule has 3 N–H and O–H groups in total. The van der Waals surface area contributed by atoms with E-state index in [-0.39, 0.29) is 5.91 Å². The van der Waals surface area contributed by atoms with Gasteiger partial charge in [-0.25, -0.2) is 0 Å². The Morgan fingerprint density at radius 3 is 2.89 bits per heavy atom. The summed E-state index contributed by atoms with van der Waals surface area (Å²) in [4.78, 5) is 12.0. The summed E-state index contributed by atoms with van der Waals surface area (Å²) in [5.41, 5.74) is 7.65. The smallest absolute Gasteiger partial charge is 0.220 e. The van der Waals surface area contributed by atoms with Gasteiger partial charge in [0.15, 0.2) is 0 Å². The SMILES string of the molecule is Nc1cccc(CCC(=O)NC2CC3CCC2C3)c1. The fourth-order valence-corrected chi connectivity index (χ4v) is 3.71. The largest absolute Gasteiger partial charge is 0.399 e. The molecule has 1 aromatic carbocycles. The minimum atomic E-state index is 0.194. The number of carbonyl (C=O) groups is 1. The Kier molecular flexibility index (Phi) is 3.45. The minimum absolute atomic E-state index is 0.194. The first-order valence-corrected chi connectivity index (χ1v) is 7.34. The highest BCUT2D eigenvalue weighted by Crippen LogP contribution is 2.44. The third kappa shape index (κ3) is 2.91. The van der Waals surface area contributed by atoms with Gasteiger partial charge in [0.05, 0.1) is 0 Å². The molecule has 3 unspecified atom stereocenters. The summed E-state index contributed by atoms with van der Waals surface area (Å²) in [6.07, 6.45) is 6.56. The molecule has 3 nitrogen and oxygen atoms in total. The van der Waals surface area contributed by atoms with Gasteiger partial charge in [-0.15, -0.1) is 0 Å². The number of hydrogen-bond acceptors (Lipinski definition) is 2. The summed E-state index contributed by atoms with van der Waals surface area (Å²) in [5, 5.41) is 3.22. The standard InChI is InChI=1S/C16H22N2O/c17-14-3-1-2-11(9-14)5-7-16(19)18-15-10-12-4-6-13(15)8-12/h1-3,9,12-13,15H,4-8,10,17H2,(H,18,19). The molecule has 3 heteroatoms. The lowest BCUT2D eigenvalue weighted by Gasteiger charge is -2.22. The topological polar surface area (TPSA) is 55.1 Å². The van der Waals surface area contributed by atoms with E-state index in [4.69, 9.17) is 5.73 Å². The van der Waals surface area contributed by atoms with E-state index in [0.717, 1.165) is 29.5 Å². The van der Waals surface area contributed by atoms with E-state index in [2.05, 4.69) is 5.32 Å². The Morgan fingerprint density at radius 2 is 2.21 bits per heavy atom. The summed E-state index contributed by atoms with van der Waals surface area (Å²) in [6, 6.07) is 8.25. The summed E-state index contributed by atoms with van der Waals surface area (Å²) < 4.78 is 0. The third-order valence-corrected chi connectivity index (χ3v) is 4.68. The molecule has 1 aromatic rings. The molecule has 2 aliphatic carbocycles. The number of benzene rings is 1. The number of nitrogens with one attached hydrogen (secondary N) is 1. The molecular weight excluding hydrogens is 236 g/mol. The number of aryl methyl sites for hydroxylation is 1. The summed E-state index contributed by atoms with van der Waals surface area (Å²) >= 11 is 0. The van der Waals surface area contributed by atoms with Crippen molar-refractivity contribution in [2.24, 2.45) is 11.8 Å². The summed E-state index contributed by atoms with van der Waals surface area (Å²) in [7, 11) is 0. The molecule has 2 bridgehead atoms. The van der Waals surface area contributed by atoms with Gasteiger partial charge in [-0.1, -0.05) is 18.6 Å². The second kappa shape index (κ2) is 5.24. The van der Waals surface area contributed by atoms with Crippen LogP contribution in [-0.4, -0.2) is 11.9 Å². The van der Waals surface area contributed by atoms with E-state index in [0.29, 0.717) is 12.5 Å². The van der Waals surface area contributed by atoms with Gasteiger partial charge < -0.3 is 11.1 Å². The van der Waals surface area contributed by atoms with Crippen LogP contribution in [0.1, 0.15) is 37.7 Å². The average Bonchev–Trinajstić information content (AvgIpc) is 2.99. The number of carbonyl (C=O) groups excluding carboxylic acids is 1. The normalized spacial score (nSPS) is 28.5. The highest BCUT2D eigenvalue weighted by Gasteiger charge is 2.39. The highest BCUT2D eigenvalue weighted by molar-refractivity contribution is 5.76. The van der Waals surface area contributed by atoms with Crippen LogP contribution in [0.25, 0.3) is 0 Å². The molecule has 3 rings (SSSR count). The maximum Gasteiger partial charge on any atom is 0.220 e. The van der Waals surface area contributed by atoms with E-state index >= 15 is 0 Å². The monoisotopic (exact) mass is 258 g/mol. The predicted molar refractivity (Wildman–Crippen MR) is 76.6 cm³/mol. The van der Waals surface area contributed by atoms with Crippen molar-refractivity contribution >= 4 is 11.6 Å². The van der Waals surface area contributed by atoms with Crippen LogP contribution in [-0.2, 0) is 11.2 Å². The molecule has 2 aliphatic rings. The number of rotatable bonds is 4. The molecule has 0 aromatic heterocycles. The van der Waals surface area contributed by atoms with Crippen molar-refractivity contribution in [3.05, 3.63) is 29.8 Å². The lowest BCUT2D eigenvalue weighted by atomic mass is 9.95. The average molecular weight is 258 g/mol. The van der Waals surface area contributed by atoms with Crippen molar-refractivity contribution in [2.75, 3.05) is 5.73 Å². The van der Waals surface area contributed by atoms with Gasteiger partial charge in [-0.3, -0.25) is 4.79 Å².